The monoisotopic (exact) mass is 487 g/mol. The van der Waals surface area contributed by atoms with Crippen molar-refractivity contribution in [2.24, 2.45) is 4.99 Å². The summed E-state index contributed by atoms with van der Waals surface area (Å²) in [7, 11) is 1.68. The summed E-state index contributed by atoms with van der Waals surface area (Å²) in [5.41, 5.74) is 2.51. The number of guanidine groups is 1. The van der Waals surface area contributed by atoms with Crippen LogP contribution >= 0.6 is 35.6 Å². The van der Waals surface area contributed by atoms with E-state index in [0.29, 0.717) is 30.5 Å². The molecule has 0 saturated heterocycles. The number of halogens is 2. The number of anilines is 1. The van der Waals surface area contributed by atoms with Gasteiger partial charge < -0.3 is 16.0 Å². The molecule has 0 aliphatic heterocycles. The quantitative estimate of drug-likeness (QED) is 0.332. The molecule has 2 aromatic rings. The third kappa shape index (κ3) is 7.17. The molecule has 0 aliphatic rings. The zero-order valence-corrected chi connectivity index (χ0v) is 17.8. The summed E-state index contributed by atoms with van der Waals surface area (Å²) in [5, 5.41) is 9.76. The summed E-state index contributed by atoms with van der Waals surface area (Å²) in [5.74, 6) is 0.537. The molecule has 1 heterocycles. The normalized spacial score (nSPS) is 10.7. The van der Waals surface area contributed by atoms with E-state index in [9.17, 15) is 4.79 Å². The minimum Gasteiger partial charge on any atom is -0.356 e. The Hall–Kier alpha value is -1.87. The smallest absolute Gasteiger partial charge is 0.226 e. The molecule has 2 rings (SSSR count). The molecule has 0 atom stereocenters. The van der Waals surface area contributed by atoms with Gasteiger partial charge in [0.2, 0.25) is 5.91 Å². The van der Waals surface area contributed by atoms with Crippen LogP contribution in [0.3, 0.4) is 0 Å². The molecule has 1 aromatic heterocycles. The summed E-state index contributed by atoms with van der Waals surface area (Å²) in [6, 6.07) is 11.2. The highest BCUT2D eigenvalue weighted by atomic mass is 127. The minimum atomic E-state index is -0.0851. The third-order valence-corrected chi connectivity index (χ3v) is 3.98. The van der Waals surface area contributed by atoms with Gasteiger partial charge in [-0.2, -0.15) is 0 Å². The van der Waals surface area contributed by atoms with Gasteiger partial charge in [0.15, 0.2) is 5.96 Å². The largest absolute Gasteiger partial charge is 0.356 e. The van der Waals surface area contributed by atoms with Gasteiger partial charge in [-0.25, -0.2) is 0 Å². The molecule has 0 bridgehead atoms. The molecule has 0 fully saturated rings. The Balaban J connectivity index is 0.00000338. The van der Waals surface area contributed by atoms with Crippen LogP contribution in [0.15, 0.2) is 47.6 Å². The number of hydrogen-bond acceptors (Lipinski definition) is 3. The minimum absolute atomic E-state index is 0. The molecule has 0 saturated carbocycles. The van der Waals surface area contributed by atoms with E-state index in [2.05, 4.69) is 25.9 Å². The fourth-order valence-corrected chi connectivity index (χ4v) is 2.32. The Morgan fingerprint density at radius 3 is 2.69 bits per heavy atom. The molecule has 140 valence electrons. The van der Waals surface area contributed by atoms with E-state index in [4.69, 9.17) is 11.6 Å². The lowest BCUT2D eigenvalue weighted by molar-refractivity contribution is -0.116. The van der Waals surface area contributed by atoms with Gasteiger partial charge in [0, 0.05) is 36.9 Å². The van der Waals surface area contributed by atoms with Crippen molar-refractivity contribution < 1.29 is 4.79 Å². The lowest BCUT2D eigenvalue weighted by Gasteiger charge is -2.12. The predicted molar refractivity (Wildman–Crippen MR) is 117 cm³/mol. The van der Waals surface area contributed by atoms with Crippen molar-refractivity contribution in [3.05, 3.63) is 58.9 Å². The maximum Gasteiger partial charge on any atom is 0.226 e. The lowest BCUT2D eigenvalue weighted by Crippen LogP contribution is -2.38. The van der Waals surface area contributed by atoms with Crippen molar-refractivity contribution in [3.8, 4) is 0 Å². The van der Waals surface area contributed by atoms with Gasteiger partial charge in [-0.1, -0.05) is 23.7 Å². The number of hydrogen-bond donors (Lipinski definition) is 3. The Bertz CT molecular complexity index is 740. The second-order valence-electron chi connectivity index (χ2n) is 5.38. The Morgan fingerprint density at radius 2 is 2.00 bits per heavy atom. The Kier molecular flexibility index (Phi) is 9.97. The second-order valence-corrected chi connectivity index (χ2v) is 5.79. The zero-order valence-electron chi connectivity index (χ0n) is 14.8. The van der Waals surface area contributed by atoms with E-state index >= 15 is 0 Å². The number of aliphatic imine (C=N–C) groups is 1. The second kappa shape index (κ2) is 11.7. The van der Waals surface area contributed by atoms with E-state index in [0.717, 1.165) is 16.9 Å². The number of benzene rings is 1. The maximum absolute atomic E-state index is 12.1. The molecule has 1 aromatic carbocycles. The van der Waals surface area contributed by atoms with Crippen LogP contribution < -0.4 is 16.0 Å². The van der Waals surface area contributed by atoms with Crippen LogP contribution in [0.4, 0.5) is 5.69 Å². The van der Waals surface area contributed by atoms with Crippen LogP contribution in [0.2, 0.25) is 5.02 Å². The number of amides is 1. The number of pyridine rings is 1. The fraction of sp³-hybridized carbons (Fsp3) is 0.278. The molecule has 0 spiro atoms. The Morgan fingerprint density at radius 1 is 1.19 bits per heavy atom. The number of rotatable bonds is 6. The van der Waals surface area contributed by atoms with Crippen LogP contribution in [0, 0.1) is 6.92 Å². The van der Waals surface area contributed by atoms with Crippen molar-refractivity contribution in [3.63, 3.8) is 0 Å². The maximum atomic E-state index is 12.1. The van der Waals surface area contributed by atoms with Crippen molar-refractivity contribution in [2.75, 3.05) is 18.9 Å². The summed E-state index contributed by atoms with van der Waals surface area (Å²) in [4.78, 5) is 20.4. The predicted octanol–water partition coefficient (Wildman–Crippen LogP) is 3.36. The highest BCUT2D eigenvalue weighted by Crippen LogP contribution is 2.22. The first-order valence-corrected chi connectivity index (χ1v) is 8.37. The number of nitrogens with zero attached hydrogens (tertiary/aromatic N) is 2. The van der Waals surface area contributed by atoms with Gasteiger partial charge in [-0.3, -0.25) is 14.8 Å². The highest BCUT2D eigenvalue weighted by molar-refractivity contribution is 14.0. The molecule has 3 N–H and O–H groups in total. The summed E-state index contributed by atoms with van der Waals surface area (Å²) < 4.78 is 0. The van der Waals surface area contributed by atoms with E-state index in [1.165, 1.54) is 0 Å². The first kappa shape index (κ1) is 22.2. The summed E-state index contributed by atoms with van der Waals surface area (Å²) >= 11 is 6.05. The van der Waals surface area contributed by atoms with Crippen LogP contribution in [-0.2, 0) is 11.3 Å². The van der Waals surface area contributed by atoms with Gasteiger partial charge in [0.25, 0.3) is 0 Å². The average Bonchev–Trinajstić information content (AvgIpc) is 2.62. The molecule has 6 nitrogen and oxygen atoms in total. The third-order valence-electron chi connectivity index (χ3n) is 3.57. The average molecular weight is 488 g/mol. The number of nitrogens with one attached hydrogen (secondary N) is 3. The van der Waals surface area contributed by atoms with Crippen molar-refractivity contribution >= 4 is 53.1 Å². The zero-order chi connectivity index (χ0) is 18.1. The molecule has 0 aliphatic carbocycles. The molecule has 0 radical (unpaired) electrons. The standard InChI is InChI=1S/C18H22ClN5O.HI/c1-13-15(19)7-5-8-16(13)24-17(25)9-11-22-18(20-2)23-12-14-6-3-4-10-21-14;/h3-8,10H,9,11-12H2,1-2H3,(H,24,25)(H2,20,22,23);1H. The van der Waals surface area contributed by atoms with Crippen LogP contribution in [0.25, 0.3) is 0 Å². The first-order valence-electron chi connectivity index (χ1n) is 7.99. The van der Waals surface area contributed by atoms with E-state index in [1.807, 2.05) is 37.3 Å². The van der Waals surface area contributed by atoms with Crippen molar-refractivity contribution in [2.45, 2.75) is 19.9 Å². The number of carbonyl (C=O) groups excluding carboxylic acids is 1. The van der Waals surface area contributed by atoms with Gasteiger partial charge in [0.1, 0.15) is 0 Å². The van der Waals surface area contributed by atoms with Gasteiger partial charge in [-0.05, 0) is 36.8 Å². The Labute approximate surface area is 175 Å². The van der Waals surface area contributed by atoms with E-state index < -0.39 is 0 Å². The molecule has 8 heteroatoms. The van der Waals surface area contributed by atoms with Gasteiger partial charge in [-0.15, -0.1) is 24.0 Å². The van der Waals surface area contributed by atoms with Crippen LogP contribution in [0.5, 0.6) is 0 Å². The van der Waals surface area contributed by atoms with E-state index in [1.54, 1.807) is 19.3 Å². The highest BCUT2D eigenvalue weighted by Gasteiger charge is 2.07. The molecule has 0 unspecified atom stereocenters. The molecular weight excluding hydrogens is 465 g/mol. The fourth-order valence-electron chi connectivity index (χ4n) is 2.15. The number of carbonyl (C=O) groups is 1. The van der Waals surface area contributed by atoms with Crippen LogP contribution in [0.1, 0.15) is 17.7 Å². The summed E-state index contributed by atoms with van der Waals surface area (Å²) in [6.45, 7) is 2.90. The first-order chi connectivity index (χ1) is 12.1. The number of aromatic nitrogens is 1. The lowest BCUT2D eigenvalue weighted by atomic mass is 10.2. The SMILES string of the molecule is CN=C(NCCC(=O)Nc1cccc(Cl)c1C)NCc1ccccn1.I. The van der Waals surface area contributed by atoms with Crippen molar-refractivity contribution in [1.82, 2.24) is 15.6 Å². The molecule has 26 heavy (non-hydrogen) atoms. The van der Waals surface area contributed by atoms with Crippen molar-refractivity contribution in [1.29, 1.82) is 0 Å². The van der Waals surface area contributed by atoms with Gasteiger partial charge in [0.05, 0.1) is 12.2 Å². The topological polar surface area (TPSA) is 78.4 Å². The van der Waals surface area contributed by atoms with Gasteiger partial charge >= 0.3 is 0 Å². The van der Waals surface area contributed by atoms with Crippen LogP contribution in [-0.4, -0.2) is 30.4 Å². The molecule has 1 amide bonds. The summed E-state index contributed by atoms with van der Waals surface area (Å²) in [6.07, 6.45) is 2.06. The molecular formula is C18H23ClIN5O. The van der Waals surface area contributed by atoms with E-state index in [-0.39, 0.29) is 29.9 Å².